The quantitative estimate of drug-likeness (QED) is 0.752. The molecule has 0 unspecified atom stereocenters. The van der Waals surface area contributed by atoms with Crippen LogP contribution in [-0.2, 0) is 10.0 Å². The summed E-state index contributed by atoms with van der Waals surface area (Å²) in [6, 6.07) is 3.20. The van der Waals surface area contributed by atoms with Gasteiger partial charge in [-0.3, -0.25) is 0 Å². The molecule has 0 bridgehead atoms. The largest absolute Gasteiger partial charge is 0.395 e. The molecule has 21 heavy (non-hydrogen) atoms. The van der Waals surface area contributed by atoms with Gasteiger partial charge in [0, 0.05) is 18.7 Å². The van der Waals surface area contributed by atoms with Crippen LogP contribution in [-0.4, -0.2) is 49.2 Å². The topological polar surface area (TPSA) is 77.8 Å². The van der Waals surface area contributed by atoms with Crippen molar-refractivity contribution >= 4 is 10.0 Å². The molecule has 2 N–H and O–H groups in total. The van der Waals surface area contributed by atoms with Gasteiger partial charge in [0.1, 0.15) is 12.4 Å². The molecular weight excluding hydrogens is 297 g/mol. The molecular formula is C14H18FNO4S. The smallest absolute Gasteiger partial charge is 0.244 e. The van der Waals surface area contributed by atoms with Crippen LogP contribution in [0.1, 0.15) is 18.9 Å². The summed E-state index contributed by atoms with van der Waals surface area (Å²) in [5.41, 5.74) is -0.0110. The fraction of sp³-hybridized carbons (Fsp3) is 0.429. The van der Waals surface area contributed by atoms with Crippen LogP contribution in [0.2, 0.25) is 0 Å². The average molecular weight is 315 g/mol. The second-order valence-electron chi connectivity index (χ2n) is 4.23. The van der Waals surface area contributed by atoms with Gasteiger partial charge in [0.25, 0.3) is 0 Å². The molecule has 0 saturated heterocycles. The Bertz CT molecular complexity index is 628. The Kier molecular flexibility index (Phi) is 6.78. The summed E-state index contributed by atoms with van der Waals surface area (Å²) in [6.07, 6.45) is 0.581. The first-order chi connectivity index (χ1) is 9.97. The SMILES string of the molecule is CCCN(CCO)S(=O)(=O)c1ccc(F)cc1C#CCO. The fourth-order valence-electron chi connectivity index (χ4n) is 1.81. The zero-order valence-corrected chi connectivity index (χ0v) is 12.5. The molecule has 0 radical (unpaired) electrons. The average Bonchev–Trinajstić information content (AvgIpc) is 2.44. The van der Waals surface area contributed by atoms with Crippen LogP contribution in [0.3, 0.4) is 0 Å². The van der Waals surface area contributed by atoms with E-state index in [1.807, 2.05) is 6.92 Å². The van der Waals surface area contributed by atoms with Crippen LogP contribution in [0.5, 0.6) is 0 Å². The van der Waals surface area contributed by atoms with Crippen molar-refractivity contribution in [3.8, 4) is 11.8 Å². The molecule has 0 fully saturated rings. The van der Waals surface area contributed by atoms with Crippen molar-refractivity contribution in [3.63, 3.8) is 0 Å². The molecule has 0 amide bonds. The van der Waals surface area contributed by atoms with E-state index < -0.39 is 22.4 Å². The van der Waals surface area contributed by atoms with E-state index >= 15 is 0 Å². The highest BCUT2D eigenvalue weighted by molar-refractivity contribution is 7.89. The third kappa shape index (κ3) is 4.51. The monoisotopic (exact) mass is 315 g/mol. The first-order valence-corrected chi connectivity index (χ1v) is 7.91. The van der Waals surface area contributed by atoms with Gasteiger partial charge in [0.15, 0.2) is 0 Å². The fourth-order valence-corrected chi connectivity index (χ4v) is 3.46. The van der Waals surface area contributed by atoms with Crippen LogP contribution >= 0.6 is 0 Å². The van der Waals surface area contributed by atoms with Crippen molar-refractivity contribution in [2.24, 2.45) is 0 Å². The molecule has 5 nitrogen and oxygen atoms in total. The molecule has 0 aliphatic rings. The molecule has 0 atom stereocenters. The first kappa shape index (κ1) is 17.6. The van der Waals surface area contributed by atoms with Crippen LogP contribution in [0.25, 0.3) is 0 Å². The lowest BCUT2D eigenvalue weighted by Gasteiger charge is -2.21. The number of hydrogen-bond acceptors (Lipinski definition) is 4. The van der Waals surface area contributed by atoms with E-state index in [-0.39, 0.29) is 30.2 Å². The maximum absolute atomic E-state index is 13.3. The molecule has 1 rings (SSSR count). The minimum absolute atomic E-state index is 0.0110. The zero-order chi connectivity index (χ0) is 15.9. The van der Waals surface area contributed by atoms with Gasteiger partial charge in [-0.05, 0) is 24.6 Å². The summed E-state index contributed by atoms with van der Waals surface area (Å²) in [5, 5.41) is 17.7. The van der Waals surface area contributed by atoms with Gasteiger partial charge in [0.2, 0.25) is 10.0 Å². The number of halogens is 1. The Morgan fingerprint density at radius 1 is 1.29 bits per heavy atom. The summed E-state index contributed by atoms with van der Waals surface area (Å²) in [4.78, 5) is -0.133. The maximum atomic E-state index is 13.3. The van der Waals surface area contributed by atoms with Crippen molar-refractivity contribution < 1.29 is 23.0 Å². The van der Waals surface area contributed by atoms with E-state index in [0.29, 0.717) is 6.42 Å². The van der Waals surface area contributed by atoms with Crippen molar-refractivity contribution in [2.75, 3.05) is 26.3 Å². The first-order valence-electron chi connectivity index (χ1n) is 6.47. The maximum Gasteiger partial charge on any atom is 0.244 e. The molecule has 0 aliphatic carbocycles. The number of benzene rings is 1. The lowest BCUT2D eigenvalue weighted by Crippen LogP contribution is -2.34. The van der Waals surface area contributed by atoms with Gasteiger partial charge < -0.3 is 10.2 Å². The number of aliphatic hydroxyl groups excluding tert-OH is 2. The van der Waals surface area contributed by atoms with Gasteiger partial charge in [-0.25, -0.2) is 12.8 Å². The van der Waals surface area contributed by atoms with Gasteiger partial charge in [0.05, 0.1) is 11.5 Å². The Balaban J connectivity index is 3.35. The van der Waals surface area contributed by atoms with Gasteiger partial charge in [-0.2, -0.15) is 4.31 Å². The lowest BCUT2D eigenvalue weighted by atomic mass is 10.2. The number of hydrogen-bond donors (Lipinski definition) is 2. The molecule has 7 heteroatoms. The van der Waals surface area contributed by atoms with Gasteiger partial charge >= 0.3 is 0 Å². The van der Waals surface area contributed by atoms with E-state index in [4.69, 9.17) is 10.2 Å². The molecule has 0 aromatic heterocycles. The van der Waals surface area contributed by atoms with Crippen LogP contribution in [0, 0.1) is 17.7 Å². The van der Waals surface area contributed by atoms with Crippen LogP contribution < -0.4 is 0 Å². The van der Waals surface area contributed by atoms with E-state index in [1.165, 1.54) is 0 Å². The summed E-state index contributed by atoms with van der Waals surface area (Å²) in [7, 11) is -3.88. The molecule has 0 heterocycles. The molecule has 0 aliphatic heterocycles. The van der Waals surface area contributed by atoms with Crippen LogP contribution in [0.15, 0.2) is 23.1 Å². The predicted octanol–water partition coefficient (Wildman–Crippen LogP) is 0.562. The summed E-state index contributed by atoms with van der Waals surface area (Å²) >= 11 is 0. The summed E-state index contributed by atoms with van der Waals surface area (Å²) < 4.78 is 39.5. The minimum atomic E-state index is -3.88. The number of aliphatic hydroxyl groups is 2. The van der Waals surface area contributed by atoms with Crippen molar-refractivity contribution in [1.29, 1.82) is 0 Å². The Hall–Kier alpha value is -1.46. The minimum Gasteiger partial charge on any atom is -0.395 e. The van der Waals surface area contributed by atoms with Crippen molar-refractivity contribution in [1.82, 2.24) is 4.31 Å². The standard InChI is InChI=1S/C14H18FNO4S/c1-2-7-16(8-10-18)21(19,20)14-6-5-13(15)11-12(14)4-3-9-17/h5-6,11,17-18H,2,7-10H2,1H3. The Labute approximate surface area is 124 Å². The lowest BCUT2D eigenvalue weighted by molar-refractivity contribution is 0.253. The van der Waals surface area contributed by atoms with E-state index in [2.05, 4.69) is 11.8 Å². The predicted molar refractivity (Wildman–Crippen MR) is 76.5 cm³/mol. The van der Waals surface area contributed by atoms with E-state index in [0.717, 1.165) is 22.5 Å². The highest BCUT2D eigenvalue weighted by atomic mass is 32.2. The molecule has 1 aromatic rings. The zero-order valence-electron chi connectivity index (χ0n) is 11.7. The van der Waals surface area contributed by atoms with Gasteiger partial charge in [-0.15, -0.1) is 0 Å². The highest BCUT2D eigenvalue weighted by Gasteiger charge is 2.26. The second kappa shape index (κ2) is 8.10. The van der Waals surface area contributed by atoms with Crippen molar-refractivity contribution in [2.45, 2.75) is 18.2 Å². The van der Waals surface area contributed by atoms with Crippen molar-refractivity contribution in [3.05, 3.63) is 29.6 Å². The Morgan fingerprint density at radius 3 is 2.57 bits per heavy atom. The molecule has 0 saturated carbocycles. The normalized spacial score (nSPS) is 11.3. The number of nitrogens with zero attached hydrogens (tertiary/aromatic N) is 1. The number of rotatable bonds is 6. The highest BCUT2D eigenvalue weighted by Crippen LogP contribution is 2.21. The summed E-state index contributed by atoms with van der Waals surface area (Å²) in [6.45, 7) is 1.26. The molecule has 1 aromatic carbocycles. The van der Waals surface area contributed by atoms with Crippen LogP contribution in [0.4, 0.5) is 4.39 Å². The third-order valence-corrected chi connectivity index (χ3v) is 4.64. The molecule has 116 valence electrons. The van der Waals surface area contributed by atoms with E-state index in [9.17, 15) is 12.8 Å². The Morgan fingerprint density at radius 2 is 2.00 bits per heavy atom. The molecule has 0 spiro atoms. The number of sulfonamides is 1. The van der Waals surface area contributed by atoms with Gasteiger partial charge in [-0.1, -0.05) is 18.8 Å². The summed E-state index contributed by atoms with van der Waals surface area (Å²) in [5.74, 6) is 4.14. The van der Waals surface area contributed by atoms with E-state index in [1.54, 1.807) is 0 Å². The third-order valence-electron chi connectivity index (χ3n) is 2.68. The second-order valence-corrected chi connectivity index (χ2v) is 6.13.